The van der Waals surface area contributed by atoms with Crippen LogP contribution in [-0.4, -0.2) is 144 Å². The van der Waals surface area contributed by atoms with Gasteiger partial charge in [-0.3, -0.25) is 43.2 Å². The van der Waals surface area contributed by atoms with Gasteiger partial charge < -0.3 is 48.6 Å². The lowest BCUT2D eigenvalue weighted by Gasteiger charge is -2.31. The number of carbonyl (C=O) groups is 9. The van der Waals surface area contributed by atoms with Crippen LogP contribution >= 0.6 is 0 Å². The predicted octanol–water partition coefficient (Wildman–Crippen LogP) is 0.615. The minimum atomic E-state index is -3.75. The lowest BCUT2D eigenvalue weighted by Crippen LogP contribution is -2.62. The van der Waals surface area contributed by atoms with Gasteiger partial charge in [0.25, 0.3) is 0 Å². The topological polar surface area (TPSA) is 279 Å². The van der Waals surface area contributed by atoms with E-state index in [0.717, 1.165) is 26.1 Å². The van der Waals surface area contributed by atoms with Gasteiger partial charge in [-0.15, -0.1) is 0 Å². The third-order valence-electron chi connectivity index (χ3n) is 12.1. The Bertz CT molecular complexity index is 2390. The molecule has 23 heteroatoms. The predicted molar refractivity (Wildman–Crippen MR) is 252 cm³/mol. The monoisotopic (exact) mass is 986 g/mol. The molecule has 4 heterocycles. The second kappa shape index (κ2) is 25.0. The standard InChI is InChI=1S/C47H63N10O12.Al/c1-28(2)24-39-45(64)53-40(25-32-14-7-6-8-15-32)46(65)51-37(19-12-22-56(68)30(4)59)43(62)49-36(18-11-21-55(67)29(3)58)42(61)50-38(20-13-23-57(69)31(5)60)44(63)54-41(47(66)52-39)26-33-27-48-35-17-10-9-16-34(33)35;/h6-10,14-17,27-28,36-41,48H,11-13,18-26H2,1-5H3,(H,49,62)(H,50,61)(H,51,65)(H,52,66)(H,53,64)(H,54,63);/q-3;+3/t36-,37-,38-,39-,40-,41-;/m0./s1. The minimum Gasteiger partial charge on any atom is -0.361 e. The van der Waals surface area contributed by atoms with Gasteiger partial charge in [-0.1, -0.05) is 62.4 Å². The van der Waals surface area contributed by atoms with Gasteiger partial charge in [0.1, 0.15) is 36.3 Å². The smallest absolute Gasteiger partial charge is 0.361 e. The average Bonchev–Trinajstić information content (AvgIpc) is 3.72. The first-order chi connectivity index (χ1) is 33.4. The maximum absolute atomic E-state index is 14.7. The van der Waals surface area contributed by atoms with E-state index in [9.17, 15) is 43.2 Å². The fourth-order valence-corrected chi connectivity index (χ4v) is 9.97. The second-order valence-corrected chi connectivity index (χ2v) is 19.4. The molecule has 0 spiro atoms. The Kier molecular flexibility index (Phi) is 18.9. The lowest BCUT2D eigenvalue weighted by molar-refractivity contribution is -0.212. The molecule has 70 heavy (non-hydrogen) atoms. The van der Waals surface area contributed by atoms with Gasteiger partial charge in [-0.2, -0.15) is 0 Å². The Morgan fingerprint density at radius 1 is 0.557 bits per heavy atom. The zero-order valence-electron chi connectivity index (χ0n) is 40.1. The highest BCUT2D eigenvalue weighted by atomic mass is 27.3. The number of hydrogen-bond acceptors (Lipinski definition) is 12. The summed E-state index contributed by atoms with van der Waals surface area (Å²) in [6.07, 6.45) is 1.39. The first-order valence-electron chi connectivity index (χ1n) is 23.7. The quantitative estimate of drug-likeness (QED) is 0.168. The van der Waals surface area contributed by atoms with Crippen LogP contribution in [0.5, 0.6) is 0 Å². The summed E-state index contributed by atoms with van der Waals surface area (Å²) in [6, 6.07) is 8.33. The highest BCUT2D eigenvalue weighted by Gasteiger charge is 2.44. The molecule has 0 unspecified atom stereocenters. The summed E-state index contributed by atoms with van der Waals surface area (Å²) >= 11 is -3.75. The van der Waals surface area contributed by atoms with Gasteiger partial charge in [0.05, 0.1) is 0 Å². The number of H-pyrrole nitrogens is 1. The zero-order valence-corrected chi connectivity index (χ0v) is 41.3. The molecule has 0 saturated carbocycles. The maximum atomic E-state index is 14.7. The fraction of sp³-hybridized carbons (Fsp3) is 0.511. The number of amides is 9. The number of carbonyl (C=O) groups excluding carboxylic acids is 9. The van der Waals surface area contributed by atoms with Gasteiger partial charge >= 0.3 is 15.1 Å². The zero-order chi connectivity index (χ0) is 50.5. The number of aromatic nitrogens is 1. The van der Waals surface area contributed by atoms with Crippen molar-refractivity contribution in [1.29, 1.82) is 0 Å². The molecule has 22 nitrogen and oxygen atoms in total. The number of nitrogens with zero attached hydrogens (tertiary/aromatic N) is 3. The summed E-state index contributed by atoms with van der Waals surface area (Å²) in [4.78, 5) is 130. The molecule has 9 amide bonds. The summed E-state index contributed by atoms with van der Waals surface area (Å²) in [5.74, 6) is -6.48. The number of nitrogens with one attached hydrogen (secondary N) is 7. The SMILES string of the molecule is CC(=O)N1CCC[C@@H]2NC(=O)[C@@H]3CCCN(C(C)=O)[O][Al]([O]1)[O]N(C(C)=O)CCC[C@H](NC2=O)C(=O)N[C@@H](Cc1c[nH]c2ccccc12)C(=O)N[C@@H](CC(C)C)C(=O)N[C@@H](Cc1ccccc1)C(=O)N3. The van der Waals surface area contributed by atoms with Crippen LogP contribution in [0.25, 0.3) is 10.9 Å². The molecule has 6 atom stereocenters. The molecule has 0 radical (unpaired) electrons. The molecule has 1 aromatic heterocycles. The third-order valence-corrected chi connectivity index (χ3v) is 13.4. The number of hydroxylamine groups is 6. The molecule has 0 aliphatic carbocycles. The van der Waals surface area contributed by atoms with Crippen LogP contribution in [0.3, 0.4) is 0 Å². The average molecular weight is 987 g/mol. The summed E-state index contributed by atoms with van der Waals surface area (Å²) in [5, 5.41) is 20.4. The van der Waals surface area contributed by atoms with Gasteiger partial charge in [0.2, 0.25) is 53.2 Å². The molecule has 3 aliphatic heterocycles. The molecule has 2 aromatic carbocycles. The van der Waals surface area contributed by atoms with E-state index in [4.69, 9.17) is 11.7 Å². The van der Waals surface area contributed by atoms with E-state index >= 15 is 0 Å². The Morgan fingerprint density at radius 3 is 1.49 bits per heavy atom. The number of para-hydroxylation sites is 1. The Hall–Kier alpha value is -6.38. The molecule has 3 aromatic rings. The number of fused-ring (bicyclic) bond motifs is 10. The summed E-state index contributed by atoms with van der Waals surface area (Å²) in [6.45, 7) is 6.81. The first kappa shape index (κ1) is 53.0. The van der Waals surface area contributed by atoms with Crippen molar-refractivity contribution in [1.82, 2.24) is 52.1 Å². The Labute approximate surface area is 410 Å². The minimum absolute atomic E-state index is 0.00284. The first-order valence-corrected chi connectivity index (χ1v) is 25.1. The van der Waals surface area contributed by atoms with Crippen molar-refractivity contribution >= 4 is 79.2 Å². The van der Waals surface area contributed by atoms with Crippen LogP contribution in [-0.2, 0) is 67.7 Å². The largest absolute Gasteiger partial charge is 0.975 e. The Morgan fingerprint density at radius 2 is 0.971 bits per heavy atom. The van der Waals surface area contributed by atoms with Gasteiger partial charge in [-0.05, 0) is 68.1 Å². The molecule has 3 fully saturated rings. The van der Waals surface area contributed by atoms with Crippen molar-refractivity contribution in [3.63, 3.8) is 0 Å². The molecule has 376 valence electrons. The molecule has 3 saturated heterocycles. The Balaban J connectivity index is 1.49. The van der Waals surface area contributed by atoms with Crippen LogP contribution in [0.15, 0.2) is 60.8 Å². The molecular formula is C47H63AlN10O12. The van der Waals surface area contributed by atoms with Crippen LogP contribution in [0.1, 0.15) is 90.7 Å². The van der Waals surface area contributed by atoms with Crippen molar-refractivity contribution in [2.24, 2.45) is 5.92 Å². The van der Waals surface area contributed by atoms with E-state index in [1.165, 1.54) is 20.8 Å². The highest BCUT2D eigenvalue weighted by Crippen LogP contribution is 2.21. The van der Waals surface area contributed by atoms with E-state index in [1.54, 1.807) is 36.5 Å². The van der Waals surface area contributed by atoms with E-state index < -0.39 is 105 Å². The highest BCUT2D eigenvalue weighted by molar-refractivity contribution is 6.36. The summed E-state index contributed by atoms with van der Waals surface area (Å²) in [7, 11) is 0. The summed E-state index contributed by atoms with van der Waals surface area (Å²) in [5.41, 5.74) is 2.11. The van der Waals surface area contributed by atoms with Crippen molar-refractivity contribution in [2.45, 2.75) is 129 Å². The molecule has 6 rings (SSSR count). The van der Waals surface area contributed by atoms with Crippen molar-refractivity contribution in [2.75, 3.05) is 19.6 Å². The van der Waals surface area contributed by atoms with Crippen molar-refractivity contribution < 1.29 is 54.8 Å². The fourth-order valence-electron chi connectivity index (χ4n) is 8.47. The van der Waals surface area contributed by atoms with Gasteiger partial charge in [-0.25, -0.2) is 15.2 Å². The van der Waals surface area contributed by atoms with Crippen LogP contribution in [0.2, 0.25) is 0 Å². The number of hydrogen-bond donors (Lipinski definition) is 7. The molecule has 7 N–H and O–H groups in total. The molecule has 3 aliphatic rings. The van der Waals surface area contributed by atoms with Gasteiger partial charge in [0.15, 0.2) is 0 Å². The van der Waals surface area contributed by atoms with Crippen molar-refractivity contribution in [3.05, 3.63) is 71.9 Å². The van der Waals surface area contributed by atoms with Crippen molar-refractivity contribution in [3.8, 4) is 0 Å². The third kappa shape index (κ3) is 14.8. The summed E-state index contributed by atoms with van der Waals surface area (Å²) < 4.78 is 18.0. The van der Waals surface area contributed by atoms with Gasteiger partial charge in [0, 0.05) is 70.3 Å². The van der Waals surface area contributed by atoms with Crippen LogP contribution in [0, 0.1) is 5.92 Å². The van der Waals surface area contributed by atoms with E-state index in [1.807, 2.05) is 38.1 Å². The molecule has 4 bridgehead atoms. The maximum Gasteiger partial charge on any atom is 0.975 e. The normalized spacial score (nSPS) is 24.3. The number of aromatic amines is 1. The lowest BCUT2D eigenvalue weighted by atomic mass is 9.99. The van der Waals surface area contributed by atoms with Crippen LogP contribution < -0.4 is 31.9 Å². The molecular weight excluding hydrogens is 924 g/mol. The van der Waals surface area contributed by atoms with E-state index in [2.05, 4.69) is 36.9 Å². The number of rotatable bonds is 6. The van der Waals surface area contributed by atoms with Crippen LogP contribution in [0.4, 0.5) is 0 Å². The second-order valence-electron chi connectivity index (χ2n) is 18.1. The van der Waals surface area contributed by atoms with E-state index in [0.29, 0.717) is 11.1 Å². The number of benzene rings is 2. The van der Waals surface area contributed by atoms with E-state index in [-0.39, 0.29) is 83.3 Å².